The molecular formula is C13H21NO. The summed E-state index contributed by atoms with van der Waals surface area (Å²) in [6.07, 6.45) is 3.10. The van der Waals surface area contributed by atoms with Crippen LogP contribution in [0.5, 0.6) is 0 Å². The maximum atomic E-state index is 10.0. The van der Waals surface area contributed by atoms with E-state index in [0.29, 0.717) is 0 Å². The summed E-state index contributed by atoms with van der Waals surface area (Å²) in [7, 11) is 0. The van der Waals surface area contributed by atoms with Gasteiger partial charge in [-0.1, -0.05) is 26.8 Å². The maximum Gasteiger partial charge on any atom is 0.0962 e. The van der Waals surface area contributed by atoms with Crippen molar-refractivity contribution < 1.29 is 5.11 Å². The van der Waals surface area contributed by atoms with Crippen LogP contribution in [0.2, 0.25) is 0 Å². The third-order valence-corrected chi connectivity index (χ3v) is 2.53. The zero-order valence-electron chi connectivity index (χ0n) is 10.1. The molecule has 0 aliphatic carbocycles. The first-order valence-corrected chi connectivity index (χ1v) is 5.50. The van der Waals surface area contributed by atoms with Gasteiger partial charge in [0.05, 0.1) is 11.8 Å². The van der Waals surface area contributed by atoms with E-state index in [1.165, 1.54) is 0 Å². The van der Waals surface area contributed by atoms with Crippen molar-refractivity contribution >= 4 is 0 Å². The molecule has 0 amide bonds. The third kappa shape index (κ3) is 4.00. The molecule has 1 aromatic rings. The van der Waals surface area contributed by atoms with Gasteiger partial charge in [-0.15, -0.1) is 0 Å². The van der Waals surface area contributed by atoms with E-state index >= 15 is 0 Å². The molecule has 0 aliphatic rings. The van der Waals surface area contributed by atoms with Crippen LogP contribution in [0.3, 0.4) is 0 Å². The summed E-state index contributed by atoms with van der Waals surface area (Å²) in [4.78, 5) is 4.23. The topological polar surface area (TPSA) is 33.1 Å². The van der Waals surface area contributed by atoms with Crippen LogP contribution < -0.4 is 0 Å². The smallest absolute Gasteiger partial charge is 0.0962 e. The van der Waals surface area contributed by atoms with E-state index in [1.54, 1.807) is 6.20 Å². The van der Waals surface area contributed by atoms with Gasteiger partial charge in [-0.2, -0.15) is 0 Å². The van der Waals surface area contributed by atoms with Gasteiger partial charge in [-0.05, 0) is 36.8 Å². The zero-order valence-corrected chi connectivity index (χ0v) is 10.1. The van der Waals surface area contributed by atoms with Gasteiger partial charge in [0.15, 0.2) is 0 Å². The molecule has 0 aliphatic heterocycles. The number of aliphatic hydroxyl groups excluding tert-OH is 1. The first-order valence-electron chi connectivity index (χ1n) is 5.50. The molecule has 1 aromatic heterocycles. The minimum atomic E-state index is -0.426. The summed E-state index contributed by atoms with van der Waals surface area (Å²) in [5.74, 6) is 0. The van der Waals surface area contributed by atoms with Crippen molar-refractivity contribution in [2.24, 2.45) is 5.41 Å². The van der Waals surface area contributed by atoms with Crippen molar-refractivity contribution in [2.45, 2.75) is 46.6 Å². The van der Waals surface area contributed by atoms with Crippen molar-refractivity contribution in [2.75, 3.05) is 0 Å². The van der Waals surface area contributed by atoms with Gasteiger partial charge in [-0.3, -0.25) is 4.98 Å². The summed E-state index contributed by atoms with van der Waals surface area (Å²) in [5.41, 5.74) is 2.16. The van der Waals surface area contributed by atoms with Gasteiger partial charge in [0.1, 0.15) is 0 Å². The highest BCUT2D eigenvalue weighted by atomic mass is 16.3. The second kappa shape index (κ2) is 4.75. The molecule has 15 heavy (non-hydrogen) atoms. The minimum Gasteiger partial charge on any atom is -0.387 e. The second-order valence-corrected chi connectivity index (χ2v) is 5.32. The van der Waals surface area contributed by atoms with Crippen molar-refractivity contribution in [3.63, 3.8) is 0 Å². The number of aliphatic hydroxyl groups is 1. The summed E-state index contributed by atoms with van der Waals surface area (Å²) in [6, 6.07) is 3.89. The Morgan fingerprint density at radius 2 is 2.07 bits per heavy atom. The van der Waals surface area contributed by atoms with Gasteiger partial charge >= 0.3 is 0 Å². The highest BCUT2D eigenvalue weighted by molar-refractivity contribution is 5.19. The molecule has 0 saturated heterocycles. The molecular weight excluding hydrogens is 186 g/mol. The Labute approximate surface area is 92.4 Å². The molecule has 0 radical (unpaired) electrons. The summed E-state index contributed by atoms with van der Waals surface area (Å²) >= 11 is 0. The number of nitrogens with zero attached hydrogens (tertiary/aromatic N) is 1. The first-order chi connectivity index (χ1) is 6.90. The molecule has 1 unspecified atom stereocenters. The van der Waals surface area contributed by atoms with E-state index in [2.05, 4.69) is 25.8 Å². The highest BCUT2D eigenvalue weighted by Crippen LogP contribution is 2.27. The fourth-order valence-corrected chi connectivity index (χ4v) is 1.55. The first kappa shape index (κ1) is 12.2. The molecule has 0 spiro atoms. The highest BCUT2D eigenvalue weighted by Gasteiger charge is 2.16. The van der Waals surface area contributed by atoms with Crippen molar-refractivity contribution in [1.29, 1.82) is 0 Å². The fourth-order valence-electron chi connectivity index (χ4n) is 1.55. The van der Waals surface area contributed by atoms with E-state index < -0.39 is 6.10 Å². The molecule has 0 bridgehead atoms. The number of rotatable bonds is 3. The molecule has 2 heteroatoms. The van der Waals surface area contributed by atoms with Crippen molar-refractivity contribution in [3.8, 4) is 0 Å². The number of hydrogen-bond acceptors (Lipinski definition) is 2. The average molecular weight is 207 g/mol. The van der Waals surface area contributed by atoms with Crippen LogP contribution in [0.15, 0.2) is 18.3 Å². The molecule has 1 heterocycles. The van der Waals surface area contributed by atoms with E-state index in [0.717, 1.165) is 24.1 Å². The molecule has 1 rings (SSSR count). The van der Waals surface area contributed by atoms with Crippen LogP contribution in [0.4, 0.5) is 0 Å². The normalized spacial score (nSPS) is 13.9. The van der Waals surface area contributed by atoms with Crippen molar-refractivity contribution in [1.82, 2.24) is 4.98 Å². The van der Waals surface area contributed by atoms with Gasteiger partial charge in [-0.25, -0.2) is 0 Å². The maximum absolute atomic E-state index is 10.0. The predicted molar refractivity (Wildman–Crippen MR) is 62.6 cm³/mol. The Morgan fingerprint density at radius 3 is 2.60 bits per heavy atom. The molecule has 1 N–H and O–H groups in total. The molecule has 1 atom stereocenters. The Morgan fingerprint density at radius 1 is 1.40 bits per heavy atom. The predicted octanol–water partition coefficient (Wildman–Crippen LogP) is 3.25. The molecule has 0 fully saturated rings. The number of hydrogen-bond donors (Lipinski definition) is 1. The van der Waals surface area contributed by atoms with Crippen LogP contribution in [-0.2, 0) is 0 Å². The quantitative estimate of drug-likeness (QED) is 0.825. The van der Waals surface area contributed by atoms with Crippen LogP contribution >= 0.6 is 0 Å². The van der Waals surface area contributed by atoms with E-state index in [4.69, 9.17) is 0 Å². The average Bonchev–Trinajstić information content (AvgIpc) is 2.14. The number of aromatic nitrogens is 1. The van der Waals surface area contributed by atoms with Crippen LogP contribution in [0.1, 0.15) is 51.0 Å². The molecule has 0 aromatic carbocycles. The molecule has 84 valence electrons. The van der Waals surface area contributed by atoms with E-state index in [1.807, 2.05) is 19.1 Å². The Hall–Kier alpha value is -0.890. The van der Waals surface area contributed by atoms with Gasteiger partial charge in [0.25, 0.3) is 0 Å². The zero-order chi connectivity index (χ0) is 11.5. The third-order valence-electron chi connectivity index (χ3n) is 2.53. The SMILES string of the molecule is Cc1cccnc1C(O)CCC(C)(C)C. The molecule has 2 nitrogen and oxygen atoms in total. The lowest BCUT2D eigenvalue weighted by molar-refractivity contribution is 0.143. The van der Waals surface area contributed by atoms with Gasteiger partial charge < -0.3 is 5.11 Å². The lowest BCUT2D eigenvalue weighted by atomic mass is 9.88. The Kier molecular flexibility index (Phi) is 3.86. The summed E-state index contributed by atoms with van der Waals surface area (Å²) in [6.45, 7) is 8.55. The van der Waals surface area contributed by atoms with E-state index in [9.17, 15) is 5.11 Å². The van der Waals surface area contributed by atoms with Gasteiger partial charge in [0.2, 0.25) is 0 Å². The fraction of sp³-hybridized carbons (Fsp3) is 0.615. The Balaban J connectivity index is 2.62. The lowest BCUT2D eigenvalue weighted by Crippen LogP contribution is -2.09. The van der Waals surface area contributed by atoms with E-state index in [-0.39, 0.29) is 5.41 Å². The number of pyridine rings is 1. The van der Waals surface area contributed by atoms with Gasteiger partial charge in [0, 0.05) is 6.20 Å². The Bertz CT molecular complexity index is 315. The summed E-state index contributed by atoms with van der Waals surface area (Å²) in [5, 5.41) is 10.0. The largest absolute Gasteiger partial charge is 0.387 e. The monoisotopic (exact) mass is 207 g/mol. The van der Waals surface area contributed by atoms with Crippen molar-refractivity contribution in [3.05, 3.63) is 29.6 Å². The minimum absolute atomic E-state index is 0.268. The van der Waals surface area contributed by atoms with Crippen LogP contribution in [0, 0.1) is 12.3 Å². The number of aryl methyl sites for hydroxylation is 1. The standard InChI is InChI=1S/C13H21NO/c1-10-6-5-9-14-12(10)11(15)7-8-13(2,3)4/h5-6,9,11,15H,7-8H2,1-4H3. The molecule has 0 saturated carbocycles. The second-order valence-electron chi connectivity index (χ2n) is 5.32. The van der Waals surface area contributed by atoms with Crippen LogP contribution in [-0.4, -0.2) is 10.1 Å². The lowest BCUT2D eigenvalue weighted by Gasteiger charge is -2.20. The summed E-state index contributed by atoms with van der Waals surface area (Å²) < 4.78 is 0. The van der Waals surface area contributed by atoms with Crippen LogP contribution in [0.25, 0.3) is 0 Å².